The van der Waals surface area contributed by atoms with Gasteiger partial charge in [-0.2, -0.15) is 9.67 Å². The molecule has 0 bridgehead atoms. The Balaban J connectivity index is 2.59. The Morgan fingerprint density at radius 1 is 1.29 bits per heavy atom. The topological polar surface area (TPSA) is 57.0 Å². The zero-order valence-electron chi connectivity index (χ0n) is 13.2. The van der Waals surface area contributed by atoms with Gasteiger partial charge in [-0.1, -0.05) is 45.0 Å². The lowest BCUT2D eigenvalue weighted by molar-refractivity contribution is 0.0749. The van der Waals surface area contributed by atoms with Gasteiger partial charge in [0.05, 0.1) is 6.61 Å². The summed E-state index contributed by atoms with van der Waals surface area (Å²) < 4.78 is 6.71. The fourth-order valence-corrected chi connectivity index (χ4v) is 1.94. The number of benzene rings is 1. The molecule has 2 aromatic rings. The van der Waals surface area contributed by atoms with Crippen LogP contribution in [0, 0.1) is 12.3 Å². The van der Waals surface area contributed by atoms with Crippen molar-refractivity contribution in [1.82, 2.24) is 14.8 Å². The highest BCUT2D eigenvalue weighted by Gasteiger charge is 2.28. The highest BCUT2D eigenvalue weighted by Crippen LogP contribution is 2.26. The summed E-state index contributed by atoms with van der Waals surface area (Å²) in [6.07, 6.45) is 0. The van der Waals surface area contributed by atoms with Crippen LogP contribution in [0.1, 0.15) is 38.1 Å². The van der Waals surface area contributed by atoms with Gasteiger partial charge < -0.3 is 4.74 Å². The van der Waals surface area contributed by atoms with Crippen LogP contribution in [-0.2, 0) is 0 Å². The molecule has 5 heteroatoms. The van der Waals surface area contributed by atoms with Crippen molar-refractivity contribution < 1.29 is 9.53 Å². The van der Waals surface area contributed by atoms with Crippen molar-refractivity contribution in [3.8, 4) is 17.4 Å². The average Bonchev–Trinajstić information content (AvgIpc) is 2.81. The third kappa shape index (κ3) is 3.12. The molecule has 0 unspecified atom stereocenters. The predicted molar refractivity (Wildman–Crippen MR) is 81.4 cm³/mol. The number of rotatable bonds is 3. The molecule has 0 N–H and O–H groups in total. The molecule has 21 heavy (non-hydrogen) atoms. The third-order valence-corrected chi connectivity index (χ3v) is 3.08. The van der Waals surface area contributed by atoms with Crippen LogP contribution >= 0.6 is 0 Å². The van der Waals surface area contributed by atoms with Crippen molar-refractivity contribution in [2.45, 2.75) is 34.6 Å². The van der Waals surface area contributed by atoms with Crippen molar-refractivity contribution >= 4 is 5.91 Å². The molecule has 0 aliphatic heterocycles. The predicted octanol–water partition coefficient (Wildman–Crippen LogP) is 3.34. The molecular formula is C16H21N3O2. The Bertz CT molecular complexity index is 654. The highest BCUT2D eigenvalue weighted by molar-refractivity contribution is 5.86. The summed E-state index contributed by atoms with van der Waals surface area (Å²) >= 11 is 0. The molecule has 0 aliphatic rings. The number of aromatic nitrogens is 3. The van der Waals surface area contributed by atoms with Crippen LogP contribution in [0.4, 0.5) is 0 Å². The first kappa shape index (κ1) is 15.2. The zero-order valence-corrected chi connectivity index (χ0v) is 13.2. The van der Waals surface area contributed by atoms with Gasteiger partial charge >= 0.3 is 6.01 Å². The van der Waals surface area contributed by atoms with E-state index in [9.17, 15) is 4.79 Å². The van der Waals surface area contributed by atoms with Gasteiger partial charge in [-0.3, -0.25) is 4.79 Å². The van der Waals surface area contributed by atoms with Gasteiger partial charge in [-0.05, 0) is 19.4 Å². The summed E-state index contributed by atoms with van der Waals surface area (Å²) in [6, 6.07) is 8.02. The summed E-state index contributed by atoms with van der Waals surface area (Å²) in [5.41, 5.74) is 1.37. The molecule has 0 radical (unpaired) electrons. The van der Waals surface area contributed by atoms with Gasteiger partial charge in [0.15, 0.2) is 5.82 Å². The molecule has 5 nitrogen and oxygen atoms in total. The van der Waals surface area contributed by atoms with Crippen LogP contribution in [0.25, 0.3) is 11.4 Å². The van der Waals surface area contributed by atoms with E-state index in [4.69, 9.17) is 4.74 Å². The Labute approximate surface area is 125 Å². The molecule has 0 amide bonds. The van der Waals surface area contributed by atoms with E-state index in [2.05, 4.69) is 10.1 Å². The van der Waals surface area contributed by atoms with Gasteiger partial charge in [0.25, 0.3) is 5.91 Å². The van der Waals surface area contributed by atoms with Gasteiger partial charge in [0.2, 0.25) is 0 Å². The van der Waals surface area contributed by atoms with Crippen LogP contribution in [-0.4, -0.2) is 27.3 Å². The van der Waals surface area contributed by atoms with E-state index in [0.29, 0.717) is 12.4 Å². The summed E-state index contributed by atoms with van der Waals surface area (Å²) in [5, 5.41) is 4.22. The van der Waals surface area contributed by atoms with E-state index in [-0.39, 0.29) is 11.9 Å². The standard InChI is InChI=1S/C16H21N3O2/c1-6-21-15-17-13(12-10-8-7-9-11(12)2)19(18-15)14(20)16(3,4)5/h7-10H,6H2,1-5H3. The van der Waals surface area contributed by atoms with E-state index >= 15 is 0 Å². The number of aryl methyl sites for hydroxylation is 1. The summed E-state index contributed by atoms with van der Waals surface area (Å²) in [4.78, 5) is 17.0. The van der Waals surface area contributed by atoms with E-state index < -0.39 is 5.41 Å². The zero-order chi connectivity index (χ0) is 15.6. The molecule has 1 aromatic carbocycles. The molecular weight excluding hydrogens is 266 g/mol. The lowest BCUT2D eigenvalue weighted by Crippen LogP contribution is -2.28. The first-order valence-electron chi connectivity index (χ1n) is 7.05. The number of carbonyl (C=O) groups is 1. The Morgan fingerprint density at radius 3 is 2.52 bits per heavy atom. The summed E-state index contributed by atoms with van der Waals surface area (Å²) in [7, 11) is 0. The molecule has 0 aliphatic carbocycles. The second-order valence-corrected chi connectivity index (χ2v) is 5.93. The normalized spacial score (nSPS) is 11.5. The molecule has 0 spiro atoms. The Kier molecular flexibility index (Phi) is 4.11. The minimum atomic E-state index is -0.547. The van der Waals surface area contributed by atoms with E-state index in [1.807, 2.05) is 58.9 Å². The van der Waals surface area contributed by atoms with Gasteiger partial charge in [-0.15, -0.1) is 5.10 Å². The highest BCUT2D eigenvalue weighted by atomic mass is 16.5. The van der Waals surface area contributed by atoms with E-state index in [0.717, 1.165) is 11.1 Å². The van der Waals surface area contributed by atoms with Crippen LogP contribution < -0.4 is 4.74 Å². The van der Waals surface area contributed by atoms with Crippen molar-refractivity contribution in [2.24, 2.45) is 5.41 Å². The molecule has 0 saturated heterocycles. The average molecular weight is 287 g/mol. The largest absolute Gasteiger partial charge is 0.463 e. The molecule has 1 heterocycles. The Morgan fingerprint density at radius 2 is 1.95 bits per heavy atom. The van der Waals surface area contributed by atoms with Crippen LogP contribution in [0.2, 0.25) is 0 Å². The smallest absolute Gasteiger partial charge is 0.336 e. The SMILES string of the molecule is CCOc1nc(-c2ccccc2C)n(C(=O)C(C)(C)C)n1. The number of hydrogen-bond donors (Lipinski definition) is 0. The maximum Gasteiger partial charge on any atom is 0.336 e. The number of nitrogens with zero attached hydrogens (tertiary/aromatic N) is 3. The molecule has 112 valence electrons. The first-order chi connectivity index (χ1) is 9.84. The second kappa shape index (κ2) is 5.68. The lowest BCUT2D eigenvalue weighted by Gasteiger charge is -2.17. The van der Waals surface area contributed by atoms with Crippen LogP contribution in [0.5, 0.6) is 6.01 Å². The third-order valence-electron chi connectivity index (χ3n) is 3.08. The van der Waals surface area contributed by atoms with E-state index in [1.165, 1.54) is 4.68 Å². The lowest BCUT2D eigenvalue weighted by atomic mass is 9.95. The second-order valence-electron chi connectivity index (χ2n) is 5.93. The van der Waals surface area contributed by atoms with Gasteiger partial charge in [0.1, 0.15) is 0 Å². The molecule has 0 saturated carbocycles. The summed E-state index contributed by atoms with van der Waals surface area (Å²) in [6.45, 7) is 9.88. The Hall–Kier alpha value is -2.17. The molecule has 2 rings (SSSR count). The minimum Gasteiger partial charge on any atom is -0.463 e. The fraction of sp³-hybridized carbons (Fsp3) is 0.438. The monoisotopic (exact) mass is 287 g/mol. The van der Waals surface area contributed by atoms with Crippen LogP contribution in [0.3, 0.4) is 0 Å². The van der Waals surface area contributed by atoms with Crippen molar-refractivity contribution in [3.63, 3.8) is 0 Å². The summed E-state index contributed by atoms with van der Waals surface area (Å²) in [5.74, 6) is 0.413. The van der Waals surface area contributed by atoms with Crippen molar-refractivity contribution in [3.05, 3.63) is 29.8 Å². The van der Waals surface area contributed by atoms with Crippen molar-refractivity contribution in [2.75, 3.05) is 6.61 Å². The van der Waals surface area contributed by atoms with E-state index in [1.54, 1.807) is 0 Å². The van der Waals surface area contributed by atoms with Gasteiger partial charge in [-0.25, -0.2) is 0 Å². The quantitative estimate of drug-likeness (QED) is 0.868. The number of carbonyl (C=O) groups excluding carboxylic acids is 1. The maximum atomic E-state index is 12.6. The minimum absolute atomic E-state index is 0.112. The van der Waals surface area contributed by atoms with Crippen molar-refractivity contribution in [1.29, 1.82) is 0 Å². The number of ether oxygens (including phenoxy) is 1. The number of hydrogen-bond acceptors (Lipinski definition) is 4. The maximum absolute atomic E-state index is 12.6. The fourth-order valence-electron chi connectivity index (χ4n) is 1.94. The molecule has 0 fully saturated rings. The van der Waals surface area contributed by atoms with Gasteiger partial charge in [0, 0.05) is 11.0 Å². The molecule has 0 atom stereocenters. The molecule has 1 aromatic heterocycles. The first-order valence-corrected chi connectivity index (χ1v) is 7.05. The van der Waals surface area contributed by atoms with Crippen LogP contribution in [0.15, 0.2) is 24.3 Å².